The van der Waals surface area contributed by atoms with E-state index in [1.54, 1.807) is 61.5 Å². The summed E-state index contributed by atoms with van der Waals surface area (Å²) in [5.74, 6) is -1.14. The van der Waals surface area contributed by atoms with Crippen molar-refractivity contribution >= 4 is 50.1 Å². The number of aryl methyl sites for hydroxylation is 1. The van der Waals surface area contributed by atoms with Crippen molar-refractivity contribution in [1.29, 1.82) is 0 Å². The zero-order valence-corrected chi connectivity index (χ0v) is 20.9. The Kier molecular flexibility index (Phi) is 6.69. The standard InChI is InChI=1S/C26H23ClN2O5S/c1-17-11-13-19(14-12-17)35(32,33)29(23-10-6-8-22(27)18(23)2)16-25(30)28-15-21(26(31)34-3)20-7-4-5-9-24(20)28/h4-15H,16H2,1-3H3. The number of para-hydroxylation sites is 1. The smallest absolute Gasteiger partial charge is 0.340 e. The van der Waals surface area contributed by atoms with Gasteiger partial charge in [0.15, 0.2) is 0 Å². The number of fused-ring (bicyclic) bond motifs is 1. The van der Waals surface area contributed by atoms with Crippen molar-refractivity contribution in [2.75, 3.05) is 18.0 Å². The molecule has 0 saturated carbocycles. The lowest BCUT2D eigenvalue weighted by Gasteiger charge is -2.26. The molecule has 3 aromatic carbocycles. The second-order valence-corrected chi connectivity index (χ2v) is 10.3. The van der Waals surface area contributed by atoms with Crippen molar-refractivity contribution in [3.8, 4) is 0 Å². The highest BCUT2D eigenvalue weighted by molar-refractivity contribution is 7.92. The van der Waals surface area contributed by atoms with Crippen LogP contribution in [-0.2, 0) is 14.8 Å². The largest absolute Gasteiger partial charge is 0.465 e. The van der Waals surface area contributed by atoms with E-state index in [4.69, 9.17) is 16.3 Å². The number of anilines is 1. The quantitative estimate of drug-likeness (QED) is 0.331. The monoisotopic (exact) mass is 510 g/mol. The fourth-order valence-electron chi connectivity index (χ4n) is 3.86. The number of halogens is 1. The number of carbonyl (C=O) groups excluding carboxylic acids is 2. The minimum Gasteiger partial charge on any atom is -0.465 e. The number of hydrogen-bond donors (Lipinski definition) is 0. The summed E-state index contributed by atoms with van der Waals surface area (Å²) >= 11 is 6.30. The minimum absolute atomic E-state index is 0.0443. The maximum atomic E-state index is 13.7. The normalized spacial score (nSPS) is 11.4. The summed E-state index contributed by atoms with van der Waals surface area (Å²) in [6.07, 6.45) is 1.38. The molecule has 0 amide bonds. The van der Waals surface area contributed by atoms with Gasteiger partial charge in [-0.3, -0.25) is 13.7 Å². The summed E-state index contributed by atoms with van der Waals surface area (Å²) in [6, 6.07) is 18.1. The third-order valence-corrected chi connectivity index (χ3v) is 7.97. The molecule has 0 bridgehead atoms. The molecule has 0 aliphatic carbocycles. The first-order valence-corrected chi connectivity index (χ1v) is 12.5. The maximum Gasteiger partial charge on any atom is 0.340 e. The Morgan fingerprint density at radius 1 is 0.971 bits per heavy atom. The molecule has 0 spiro atoms. The Bertz CT molecular complexity index is 1540. The van der Waals surface area contributed by atoms with E-state index in [0.29, 0.717) is 21.5 Å². The molecule has 0 saturated heterocycles. The van der Waals surface area contributed by atoms with Gasteiger partial charge in [-0.15, -0.1) is 0 Å². The molecule has 0 radical (unpaired) electrons. The van der Waals surface area contributed by atoms with Crippen LogP contribution in [0.25, 0.3) is 10.9 Å². The van der Waals surface area contributed by atoms with Crippen LogP contribution in [0.1, 0.15) is 26.3 Å². The van der Waals surface area contributed by atoms with E-state index < -0.39 is 28.4 Å². The van der Waals surface area contributed by atoms with E-state index in [1.807, 2.05) is 6.92 Å². The molecule has 9 heteroatoms. The number of sulfonamides is 1. The van der Waals surface area contributed by atoms with Crippen molar-refractivity contribution in [1.82, 2.24) is 4.57 Å². The van der Waals surface area contributed by atoms with Crippen LogP contribution in [0.4, 0.5) is 5.69 Å². The molecule has 4 aromatic rings. The number of esters is 1. The number of carbonyl (C=O) groups is 2. The molecule has 4 rings (SSSR count). The zero-order valence-electron chi connectivity index (χ0n) is 19.4. The topological polar surface area (TPSA) is 85.7 Å². The van der Waals surface area contributed by atoms with Crippen LogP contribution in [0.3, 0.4) is 0 Å². The Hall–Kier alpha value is -3.62. The van der Waals surface area contributed by atoms with Crippen LogP contribution in [-0.4, -0.2) is 38.5 Å². The molecular formula is C26H23ClN2O5S. The van der Waals surface area contributed by atoms with Gasteiger partial charge in [-0.25, -0.2) is 13.2 Å². The fraction of sp³-hybridized carbons (Fsp3) is 0.154. The van der Waals surface area contributed by atoms with E-state index in [2.05, 4.69) is 0 Å². The molecule has 7 nitrogen and oxygen atoms in total. The number of ether oxygens (including phenoxy) is 1. The lowest BCUT2D eigenvalue weighted by molar-refractivity contribution is 0.0603. The van der Waals surface area contributed by atoms with Gasteiger partial charge in [-0.1, -0.05) is 53.6 Å². The van der Waals surface area contributed by atoms with Gasteiger partial charge >= 0.3 is 5.97 Å². The predicted molar refractivity (Wildman–Crippen MR) is 136 cm³/mol. The summed E-state index contributed by atoms with van der Waals surface area (Å²) in [7, 11) is -2.87. The molecule has 0 unspecified atom stereocenters. The second-order valence-electron chi connectivity index (χ2n) is 8.02. The number of rotatable bonds is 6. The van der Waals surface area contributed by atoms with Gasteiger partial charge in [0.05, 0.1) is 28.8 Å². The lowest BCUT2D eigenvalue weighted by atomic mass is 10.2. The summed E-state index contributed by atoms with van der Waals surface area (Å²) in [6.45, 7) is 3.03. The highest BCUT2D eigenvalue weighted by Gasteiger charge is 2.30. The minimum atomic E-state index is -4.13. The van der Waals surface area contributed by atoms with Crippen LogP contribution >= 0.6 is 11.6 Å². The van der Waals surface area contributed by atoms with Crippen molar-refractivity contribution in [2.24, 2.45) is 0 Å². The van der Waals surface area contributed by atoms with Gasteiger partial charge in [0, 0.05) is 16.6 Å². The molecule has 180 valence electrons. The molecule has 0 N–H and O–H groups in total. The van der Waals surface area contributed by atoms with Gasteiger partial charge in [0.25, 0.3) is 15.9 Å². The SMILES string of the molecule is COC(=O)c1cn(C(=O)CN(c2cccc(Cl)c2C)S(=O)(=O)c2ccc(C)cc2)c2ccccc12. The Morgan fingerprint density at radius 2 is 1.66 bits per heavy atom. The van der Waals surface area contributed by atoms with E-state index in [-0.39, 0.29) is 16.1 Å². The first-order chi connectivity index (χ1) is 16.6. The van der Waals surface area contributed by atoms with Crippen molar-refractivity contribution in [3.63, 3.8) is 0 Å². The number of aromatic nitrogens is 1. The van der Waals surface area contributed by atoms with Crippen LogP contribution in [0.5, 0.6) is 0 Å². The molecule has 35 heavy (non-hydrogen) atoms. The van der Waals surface area contributed by atoms with Crippen molar-refractivity contribution in [2.45, 2.75) is 18.7 Å². The lowest BCUT2D eigenvalue weighted by Crippen LogP contribution is -2.38. The van der Waals surface area contributed by atoms with Gasteiger partial charge in [-0.05, 0) is 49.7 Å². The first-order valence-electron chi connectivity index (χ1n) is 10.7. The fourth-order valence-corrected chi connectivity index (χ4v) is 5.50. The molecule has 0 aliphatic rings. The third kappa shape index (κ3) is 4.54. The van der Waals surface area contributed by atoms with Crippen molar-refractivity contribution in [3.05, 3.63) is 94.6 Å². The second kappa shape index (κ2) is 9.56. The number of benzene rings is 3. The third-order valence-electron chi connectivity index (χ3n) is 5.78. The molecule has 1 heterocycles. The summed E-state index contributed by atoms with van der Waals surface area (Å²) in [5, 5.41) is 0.901. The number of hydrogen-bond acceptors (Lipinski definition) is 5. The van der Waals surface area contributed by atoms with Crippen LogP contribution < -0.4 is 4.31 Å². The molecule has 0 fully saturated rings. The Morgan fingerprint density at radius 3 is 2.34 bits per heavy atom. The van der Waals surface area contributed by atoms with E-state index >= 15 is 0 Å². The number of methoxy groups -OCH3 is 1. The maximum absolute atomic E-state index is 13.7. The molecular weight excluding hydrogens is 488 g/mol. The van der Waals surface area contributed by atoms with Gasteiger partial charge in [0.2, 0.25) is 0 Å². The first kappa shape index (κ1) is 24.5. The van der Waals surface area contributed by atoms with Gasteiger partial charge < -0.3 is 4.74 Å². The van der Waals surface area contributed by atoms with Crippen LogP contribution in [0, 0.1) is 13.8 Å². The van der Waals surface area contributed by atoms with E-state index in [0.717, 1.165) is 9.87 Å². The van der Waals surface area contributed by atoms with Crippen LogP contribution in [0.15, 0.2) is 77.8 Å². The molecule has 1 aromatic heterocycles. The summed E-state index contributed by atoms with van der Waals surface area (Å²) in [5.41, 5.74) is 2.39. The van der Waals surface area contributed by atoms with Gasteiger partial charge in [0.1, 0.15) is 6.54 Å². The van der Waals surface area contributed by atoms with Crippen molar-refractivity contribution < 1.29 is 22.7 Å². The van der Waals surface area contributed by atoms with Gasteiger partial charge in [-0.2, -0.15) is 0 Å². The zero-order chi connectivity index (χ0) is 25.3. The summed E-state index contributed by atoms with van der Waals surface area (Å²) in [4.78, 5) is 25.9. The average molecular weight is 511 g/mol. The average Bonchev–Trinajstić information content (AvgIpc) is 3.24. The highest BCUT2D eigenvalue weighted by atomic mass is 35.5. The van der Waals surface area contributed by atoms with Crippen LogP contribution in [0.2, 0.25) is 5.02 Å². The number of nitrogens with zero attached hydrogens (tertiary/aromatic N) is 2. The predicted octanol–water partition coefficient (Wildman–Crippen LogP) is 5.23. The Balaban J connectivity index is 1.84. The summed E-state index contributed by atoms with van der Waals surface area (Å²) < 4.78 is 34.7. The Labute approximate surface area is 208 Å². The molecule has 0 aliphatic heterocycles. The van der Waals surface area contributed by atoms with E-state index in [1.165, 1.54) is 30.0 Å². The highest BCUT2D eigenvalue weighted by Crippen LogP contribution is 2.31. The molecule has 0 atom stereocenters. The van der Waals surface area contributed by atoms with E-state index in [9.17, 15) is 18.0 Å².